The minimum Gasteiger partial charge on any atom is -0.495 e. The van der Waals surface area contributed by atoms with Crippen molar-refractivity contribution < 1.29 is 9.13 Å². The Kier molecular flexibility index (Phi) is 3.37. The predicted molar refractivity (Wildman–Crippen MR) is 67.8 cm³/mol. The first-order valence-electron chi connectivity index (χ1n) is 5.43. The SMILES string of the molecule is COc1ccc(Cn2cc(F)c(=O)[nH]c2=O)cc1N. The summed E-state index contributed by atoms with van der Waals surface area (Å²) in [5, 5.41) is 0. The van der Waals surface area contributed by atoms with Crippen molar-refractivity contribution in [2.24, 2.45) is 0 Å². The van der Waals surface area contributed by atoms with E-state index < -0.39 is 17.1 Å². The van der Waals surface area contributed by atoms with E-state index in [0.29, 0.717) is 17.0 Å². The Morgan fingerprint density at radius 1 is 1.42 bits per heavy atom. The maximum atomic E-state index is 13.1. The van der Waals surface area contributed by atoms with Crippen molar-refractivity contribution >= 4 is 5.69 Å². The van der Waals surface area contributed by atoms with E-state index in [0.717, 1.165) is 10.8 Å². The minimum atomic E-state index is -1.03. The number of nitrogens with one attached hydrogen (secondary N) is 1. The van der Waals surface area contributed by atoms with E-state index in [4.69, 9.17) is 10.5 Å². The zero-order valence-electron chi connectivity index (χ0n) is 10.1. The summed E-state index contributed by atoms with van der Waals surface area (Å²) >= 11 is 0. The van der Waals surface area contributed by atoms with Crippen molar-refractivity contribution in [1.29, 1.82) is 0 Å². The lowest BCUT2D eigenvalue weighted by atomic mass is 10.2. The average molecular weight is 265 g/mol. The van der Waals surface area contributed by atoms with Gasteiger partial charge in [-0.25, -0.2) is 4.79 Å². The number of methoxy groups -OCH3 is 1. The fourth-order valence-electron chi connectivity index (χ4n) is 1.68. The second-order valence-corrected chi connectivity index (χ2v) is 3.94. The Bertz CT molecular complexity index is 721. The number of hydrogen-bond acceptors (Lipinski definition) is 4. The maximum Gasteiger partial charge on any atom is 0.328 e. The molecule has 1 heterocycles. The molecule has 0 saturated heterocycles. The van der Waals surface area contributed by atoms with Crippen LogP contribution in [0.15, 0.2) is 34.0 Å². The molecule has 2 rings (SSSR count). The first-order valence-corrected chi connectivity index (χ1v) is 5.43. The maximum absolute atomic E-state index is 13.1. The molecule has 0 spiro atoms. The van der Waals surface area contributed by atoms with Crippen LogP contribution in [0.3, 0.4) is 0 Å². The second kappa shape index (κ2) is 4.97. The number of H-pyrrole nitrogens is 1. The van der Waals surface area contributed by atoms with Gasteiger partial charge in [-0.15, -0.1) is 0 Å². The van der Waals surface area contributed by atoms with Crippen LogP contribution in [-0.2, 0) is 6.54 Å². The average Bonchev–Trinajstić information content (AvgIpc) is 2.36. The molecule has 6 nitrogen and oxygen atoms in total. The van der Waals surface area contributed by atoms with Gasteiger partial charge in [0.15, 0.2) is 0 Å². The molecule has 0 atom stereocenters. The summed E-state index contributed by atoms with van der Waals surface area (Å²) in [7, 11) is 1.49. The van der Waals surface area contributed by atoms with E-state index in [9.17, 15) is 14.0 Å². The van der Waals surface area contributed by atoms with Crippen LogP contribution < -0.4 is 21.7 Å². The summed E-state index contributed by atoms with van der Waals surface area (Å²) in [6, 6.07) is 4.97. The van der Waals surface area contributed by atoms with E-state index in [-0.39, 0.29) is 6.54 Å². The predicted octanol–water partition coefficient (Wildman–Crippen LogP) is 0.315. The normalized spacial score (nSPS) is 10.4. The van der Waals surface area contributed by atoms with Crippen LogP contribution in [0, 0.1) is 5.82 Å². The van der Waals surface area contributed by atoms with Crippen molar-refractivity contribution in [2.45, 2.75) is 6.54 Å². The molecule has 0 saturated carbocycles. The topological polar surface area (TPSA) is 90.1 Å². The first-order chi connectivity index (χ1) is 9.01. The molecular formula is C12H12FN3O3. The quantitative estimate of drug-likeness (QED) is 0.782. The number of hydrogen-bond donors (Lipinski definition) is 2. The highest BCUT2D eigenvalue weighted by atomic mass is 19.1. The molecular weight excluding hydrogens is 253 g/mol. The highest BCUT2D eigenvalue weighted by Gasteiger charge is 2.06. The van der Waals surface area contributed by atoms with E-state index in [1.165, 1.54) is 7.11 Å². The van der Waals surface area contributed by atoms with Gasteiger partial charge >= 0.3 is 5.69 Å². The van der Waals surface area contributed by atoms with Crippen molar-refractivity contribution in [3.8, 4) is 5.75 Å². The first kappa shape index (κ1) is 12.9. The largest absolute Gasteiger partial charge is 0.495 e. The second-order valence-electron chi connectivity index (χ2n) is 3.94. The van der Waals surface area contributed by atoms with Crippen molar-refractivity contribution in [1.82, 2.24) is 9.55 Å². The van der Waals surface area contributed by atoms with Crippen LogP contribution in [0.2, 0.25) is 0 Å². The summed E-state index contributed by atoms with van der Waals surface area (Å²) in [6.07, 6.45) is 0.863. The third-order valence-electron chi connectivity index (χ3n) is 2.61. The number of aromatic nitrogens is 2. The molecule has 0 fully saturated rings. The zero-order valence-corrected chi connectivity index (χ0v) is 10.1. The lowest BCUT2D eigenvalue weighted by molar-refractivity contribution is 0.417. The number of aromatic amines is 1. The molecule has 1 aromatic carbocycles. The van der Waals surface area contributed by atoms with E-state index in [2.05, 4.69) is 0 Å². The number of anilines is 1. The molecule has 0 aliphatic carbocycles. The summed E-state index contributed by atoms with van der Waals surface area (Å²) in [4.78, 5) is 24.3. The van der Waals surface area contributed by atoms with E-state index >= 15 is 0 Å². The van der Waals surface area contributed by atoms with Crippen LogP contribution in [0.5, 0.6) is 5.75 Å². The van der Waals surface area contributed by atoms with Crippen molar-refractivity contribution in [3.63, 3.8) is 0 Å². The van der Waals surface area contributed by atoms with Crippen LogP contribution >= 0.6 is 0 Å². The monoisotopic (exact) mass is 265 g/mol. The third-order valence-corrected chi connectivity index (χ3v) is 2.61. The Morgan fingerprint density at radius 2 is 2.16 bits per heavy atom. The number of benzene rings is 1. The number of nitrogens with two attached hydrogens (primary N) is 1. The number of nitrogens with zero attached hydrogens (tertiary/aromatic N) is 1. The number of rotatable bonds is 3. The molecule has 0 bridgehead atoms. The van der Waals surface area contributed by atoms with Crippen molar-refractivity contribution in [2.75, 3.05) is 12.8 Å². The molecule has 2 aromatic rings. The molecule has 0 aliphatic rings. The van der Waals surface area contributed by atoms with Crippen molar-refractivity contribution in [3.05, 3.63) is 56.6 Å². The molecule has 3 N–H and O–H groups in total. The molecule has 7 heteroatoms. The van der Waals surface area contributed by atoms with Gasteiger partial charge in [-0.2, -0.15) is 4.39 Å². The molecule has 0 aliphatic heterocycles. The van der Waals surface area contributed by atoms with Gasteiger partial charge in [0.2, 0.25) is 5.82 Å². The molecule has 19 heavy (non-hydrogen) atoms. The van der Waals surface area contributed by atoms with Gasteiger partial charge in [-0.05, 0) is 17.7 Å². The molecule has 0 radical (unpaired) electrons. The Labute approximate surface area is 107 Å². The van der Waals surface area contributed by atoms with E-state index in [1.807, 2.05) is 4.98 Å². The zero-order chi connectivity index (χ0) is 14.0. The van der Waals surface area contributed by atoms with Crippen LogP contribution in [0.4, 0.5) is 10.1 Å². The summed E-state index contributed by atoms with van der Waals surface area (Å²) in [5.74, 6) is -0.496. The fraction of sp³-hybridized carbons (Fsp3) is 0.167. The van der Waals surface area contributed by atoms with Gasteiger partial charge in [0, 0.05) is 0 Å². The van der Waals surface area contributed by atoms with E-state index in [1.54, 1.807) is 18.2 Å². The smallest absolute Gasteiger partial charge is 0.328 e. The Hall–Kier alpha value is -2.57. The number of halogens is 1. The van der Waals surface area contributed by atoms with Gasteiger partial charge in [-0.1, -0.05) is 6.07 Å². The van der Waals surface area contributed by atoms with Gasteiger partial charge in [0.1, 0.15) is 5.75 Å². The van der Waals surface area contributed by atoms with Crippen LogP contribution in [0.25, 0.3) is 0 Å². The number of nitrogen functional groups attached to an aromatic ring is 1. The summed E-state index contributed by atoms with van der Waals surface area (Å²) in [6.45, 7) is 0.0979. The highest BCUT2D eigenvalue weighted by molar-refractivity contribution is 5.54. The lowest BCUT2D eigenvalue weighted by Crippen LogP contribution is -2.31. The van der Waals surface area contributed by atoms with Gasteiger partial charge in [0.25, 0.3) is 5.56 Å². The Morgan fingerprint density at radius 3 is 2.79 bits per heavy atom. The minimum absolute atomic E-state index is 0.0979. The molecule has 1 aromatic heterocycles. The number of ether oxygens (including phenoxy) is 1. The molecule has 100 valence electrons. The van der Waals surface area contributed by atoms with Gasteiger partial charge in [0.05, 0.1) is 25.5 Å². The third kappa shape index (κ3) is 2.65. The molecule has 0 amide bonds. The summed E-state index contributed by atoms with van der Waals surface area (Å²) < 4.78 is 19.2. The lowest BCUT2D eigenvalue weighted by Gasteiger charge is -2.08. The summed E-state index contributed by atoms with van der Waals surface area (Å²) in [5.41, 5.74) is 5.12. The fourth-order valence-corrected chi connectivity index (χ4v) is 1.68. The standard InChI is InChI=1S/C12H12FN3O3/c1-19-10-3-2-7(4-9(10)14)5-16-6-8(13)11(17)15-12(16)18/h2-4,6H,5,14H2,1H3,(H,15,17,18). The highest BCUT2D eigenvalue weighted by Crippen LogP contribution is 2.21. The van der Waals surface area contributed by atoms with Crippen LogP contribution in [-0.4, -0.2) is 16.7 Å². The van der Waals surface area contributed by atoms with Crippen LogP contribution in [0.1, 0.15) is 5.56 Å². The Balaban J connectivity index is 2.36. The van der Waals surface area contributed by atoms with Gasteiger partial charge < -0.3 is 10.5 Å². The van der Waals surface area contributed by atoms with Gasteiger partial charge in [-0.3, -0.25) is 14.3 Å². The molecule has 0 unspecified atom stereocenters.